The quantitative estimate of drug-likeness (QED) is 0.139. The first-order valence-electron chi connectivity index (χ1n) is 17.0. The third kappa shape index (κ3) is 10.3. The van der Waals surface area contributed by atoms with Gasteiger partial charge in [0.25, 0.3) is 0 Å². The number of carbonyl (C=O) groups excluding carboxylic acids is 3. The average molecular weight is 708 g/mol. The van der Waals surface area contributed by atoms with Crippen LogP contribution in [0, 0.1) is 12.8 Å². The Morgan fingerprint density at radius 1 is 1.02 bits per heavy atom. The molecule has 50 heavy (non-hydrogen) atoms. The highest BCUT2D eigenvalue weighted by molar-refractivity contribution is 7.89. The van der Waals surface area contributed by atoms with E-state index in [2.05, 4.69) is 10.6 Å². The highest BCUT2D eigenvalue weighted by Gasteiger charge is 2.33. The van der Waals surface area contributed by atoms with Gasteiger partial charge in [-0.25, -0.2) is 8.42 Å². The highest BCUT2D eigenvalue weighted by atomic mass is 32.2. The zero-order valence-corrected chi connectivity index (χ0v) is 30.0. The van der Waals surface area contributed by atoms with Crippen molar-refractivity contribution in [2.75, 3.05) is 43.1 Å². The molecular weight excluding hydrogens is 659 g/mol. The maximum absolute atomic E-state index is 13.6. The zero-order chi connectivity index (χ0) is 36.4. The molecule has 0 unspecified atom stereocenters. The predicted octanol–water partition coefficient (Wildman–Crippen LogP) is 4.57. The Morgan fingerprint density at radius 3 is 2.34 bits per heavy atom. The molecule has 1 aliphatic rings. The summed E-state index contributed by atoms with van der Waals surface area (Å²) < 4.78 is 34.6. The van der Waals surface area contributed by atoms with E-state index >= 15 is 0 Å². The Morgan fingerprint density at radius 2 is 1.68 bits per heavy atom. The molecule has 0 saturated carbocycles. The molecule has 4 rings (SSSR count). The van der Waals surface area contributed by atoms with Crippen LogP contribution in [0.1, 0.15) is 57.1 Å². The van der Waals surface area contributed by atoms with Crippen molar-refractivity contribution in [3.8, 4) is 5.75 Å². The summed E-state index contributed by atoms with van der Waals surface area (Å²) in [6.07, 6.45) is 1.79. The van der Waals surface area contributed by atoms with Gasteiger partial charge in [-0.15, -0.1) is 0 Å². The lowest BCUT2D eigenvalue weighted by Gasteiger charge is -2.33. The molecule has 270 valence electrons. The number of nitrogens with zero attached hydrogens (tertiary/aromatic N) is 2. The number of likely N-dealkylation sites (N-methyl/N-ethyl adjacent to an activating group) is 1. The Hall–Kier alpha value is -4.46. The molecule has 0 aromatic heterocycles. The summed E-state index contributed by atoms with van der Waals surface area (Å²) in [4.78, 5) is 40.4. The minimum atomic E-state index is -3.82. The second-order valence-electron chi connectivity index (χ2n) is 13.1. The van der Waals surface area contributed by atoms with Crippen LogP contribution in [0.2, 0.25) is 0 Å². The summed E-state index contributed by atoms with van der Waals surface area (Å²) in [6, 6.07) is 18.3. The van der Waals surface area contributed by atoms with Crippen LogP contribution in [0.5, 0.6) is 5.75 Å². The maximum atomic E-state index is 13.6. The van der Waals surface area contributed by atoms with Crippen molar-refractivity contribution >= 4 is 44.8 Å². The molecule has 0 fully saturated rings. The van der Waals surface area contributed by atoms with Gasteiger partial charge < -0.3 is 31.1 Å². The van der Waals surface area contributed by atoms with Gasteiger partial charge in [-0.3, -0.25) is 14.4 Å². The number of rotatable bonds is 14. The molecule has 12 nitrogen and oxygen atoms in total. The van der Waals surface area contributed by atoms with Crippen LogP contribution in [0.3, 0.4) is 0 Å². The number of carbonyl (C=O) groups is 3. The standard InChI is InChI=1S/C37H49N5O7S/c1-25-14-17-30(18-15-25)50(47,48)41(4)23-34-26(2)22-42(27(3)24-43)37(46)21-28-20-29(16-19-33(28)49-34)39-35(44)12-6-5-7-13-36(45)40-32-11-9-8-10-31(32)38/h8-11,14-20,26-27,34,43H,5-7,12-13,21-24,38H2,1-4H3,(H,39,44)(H,40,45)/t26-,27-,34-/m0/s1. The Balaban J connectivity index is 1.41. The minimum absolute atomic E-state index is 0.0206. The lowest BCUT2D eigenvalue weighted by Crippen LogP contribution is -2.48. The number of aliphatic hydroxyl groups excluding tert-OH is 1. The molecular formula is C37H49N5O7S. The van der Waals surface area contributed by atoms with Gasteiger partial charge in [0.2, 0.25) is 27.7 Å². The lowest BCUT2D eigenvalue weighted by atomic mass is 10.0. The summed E-state index contributed by atoms with van der Waals surface area (Å²) in [5.74, 6) is -0.428. The van der Waals surface area contributed by atoms with E-state index in [4.69, 9.17) is 10.5 Å². The van der Waals surface area contributed by atoms with Gasteiger partial charge in [0.1, 0.15) is 11.9 Å². The second-order valence-corrected chi connectivity index (χ2v) is 15.1. The summed E-state index contributed by atoms with van der Waals surface area (Å²) >= 11 is 0. The van der Waals surface area contributed by atoms with Crippen molar-refractivity contribution < 1.29 is 32.6 Å². The van der Waals surface area contributed by atoms with Gasteiger partial charge in [0.15, 0.2) is 0 Å². The number of fused-ring (bicyclic) bond motifs is 1. The number of unbranched alkanes of at least 4 members (excludes halogenated alkanes) is 2. The van der Waals surface area contributed by atoms with Gasteiger partial charge in [0.05, 0.1) is 41.9 Å². The molecule has 1 aliphatic heterocycles. The number of nitrogens with two attached hydrogens (primary N) is 1. The number of nitrogens with one attached hydrogen (secondary N) is 2. The molecule has 3 aromatic rings. The Labute approximate surface area is 295 Å². The van der Waals surface area contributed by atoms with Crippen LogP contribution < -0.4 is 21.1 Å². The van der Waals surface area contributed by atoms with Crippen LogP contribution in [0.4, 0.5) is 17.1 Å². The second kappa shape index (κ2) is 17.5. The van der Waals surface area contributed by atoms with Crippen LogP contribution in [-0.2, 0) is 30.8 Å². The van der Waals surface area contributed by atoms with E-state index in [1.54, 1.807) is 78.6 Å². The van der Waals surface area contributed by atoms with E-state index in [9.17, 15) is 27.9 Å². The number of nitrogen functional groups attached to an aromatic ring is 1. The third-order valence-electron chi connectivity index (χ3n) is 8.91. The summed E-state index contributed by atoms with van der Waals surface area (Å²) in [5, 5.41) is 15.6. The van der Waals surface area contributed by atoms with Crippen molar-refractivity contribution in [1.82, 2.24) is 9.21 Å². The number of ether oxygens (including phenoxy) is 1. The minimum Gasteiger partial charge on any atom is -0.488 e. The van der Waals surface area contributed by atoms with E-state index < -0.39 is 22.2 Å². The summed E-state index contributed by atoms with van der Waals surface area (Å²) in [5.41, 5.74) is 8.94. The largest absolute Gasteiger partial charge is 0.488 e. The van der Waals surface area contributed by atoms with Crippen LogP contribution in [-0.4, -0.2) is 79.3 Å². The molecule has 0 saturated heterocycles. The third-order valence-corrected chi connectivity index (χ3v) is 10.7. The molecule has 0 spiro atoms. The molecule has 3 aromatic carbocycles. The van der Waals surface area contributed by atoms with E-state index in [0.29, 0.717) is 54.1 Å². The number of aryl methyl sites for hydroxylation is 1. The SMILES string of the molecule is Cc1ccc(S(=O)(=O)N(C)C[C@@H]2Oc3ccc(NC(=O)CCCCCC(=O)Nc4ccccc4N)cc3CC(=O)N([C@@H](C)CO)C[C@@H]2C)cc1. The zero-order valence-electron chi connectivity index (χ0n) is 29.2. The first-order valence-corrected chi connectivity index (χ1v) is 18.4. The number of para-hydroxylation sites is 2. The van der Waals surface area contributed by atoms with E-state index in [1.165, 1.54) is 11.4 Å². The summed E-state index contributed by atoms with van der Waals surface area (Å²) in [7, 11) is -2.31. The topological polar surface area (TPSA) is 171 Å². The monoisotopic (exact) mass is 707 g/mol. The Kier molecular flexibility index (Phi) is 13.4. The van der Waals surface area contributed by atoms with Crippen molar-refractivity contribution in [2.24, 2.45) is 5.92 Å². The van der Waals surface area contributed by atoms with Gasteiger partial charge in [-0.05, 0) is 69.2 Å². The number of hydrogen-bond donors (Lipinski definition) is 4. The number of anilines is 3. The first kappa shape index (κ1) is 38.3. The molecule has 3 amide bonds. The number of amides is 3. The van der Waals surface area contributed by atoms with Crippen LogP contribution in [0.25, 0.3) is 0 Å². The van der Waals surface area contributed by atoms with E-state index in [-0.39, 0.29) is 61.1 Å². The van der Waals surface area contributed by atoms with Crippen LogP contribution in [0.15, 0.2) is 71.6 Å². The molecule has 13 heteroatoms. The van der Waals surface area contributed by atoms with Gasteiger partial charge in [-0.1, -0.05) is 43.2 Å². The number of aliphatic hydroxyl groups is 1. The summed E-state index contributed by atoms with van der Waals surface area (Å²) in [6.45, 7) is 5.58. The average Bonchev–Trinajstić information content (AvgIpc) is 3.12. The van der Waals surface area contributed by atoms with Crippen molar-refractivity contribution in [1.29, 1.82) is 0 Å². The molecule has 0 bridgehead atoms. The highest BCUT2D eigenvalue weighted by Crippen LogP contribution is 2.30. The fraction of sp³-hybridized carbons (Fsp3) is 0.432. The van der Waals surface area contributed by atoms with Crippen LogP contribution >= 0.6 is 0 Å². The van der Waals surface area contributed by atoms with E-state index in [1.807, 2.05) is 13.8 Å². The van der Waals surface area contributed by atoms with Gasteiger partial charge >= 0.3 is 0 Å². The van der Waals surface area contributed by atoms with Crippen molar-refractivity contribution in [3.05, 3.63) is 77.9 Å². The lowest BCUT2D eigenvalue weighted by molar-refractivity contribution is -0.134. The fourth-order valence-electron chi connectivity index (χ4n) is 5.76. The number of sulfonamides is 1. The molecule has 0 aliphatic carbocycles. The van der Waals surface area contributed by atoms with Gasteiger partial charge in [0, 0.05) is 43.6 Å². The first-order chi connectivity index (χ1) is 23.8. The molecule has 3 atom stereocenters. The smallest absolute Gasteiger partial charge is 0.242 e. The Bertz CT molecular complexity index is 1750. The van der Waals surface area contributed by atoms with Crippen molar-refractivity contribution in [2.45, 2.75) is 76.3 Å². The van der Waals surface area contributed by atoms with Gasteiger partial charge in [-0.2, -0.15) is 4.31 Å². The molecule has 1 heterocycles. The van der Waals surface area contributed by atoms with E-state index in [0.717, 1.165) is 5.56 Å². The molecule has 0 radical (unpaired) electrons. The maximum Gasteiger partial charge on any atom is 0.242 e. The normalized spacial score (nSPS) is 17.2. The van der Waals surface area contributed by atoms with Crippen molar-refractivity contribution in [3.63, 3.8) is 0 Å². The number of benzene rings is 3. The number of hydrogen-bond acceptors (Lipinski definition) is 8. The molecule has 5 N–H and O–H groups in total. The predicted molar refractivity (Wildman–Crippen MR) is 194 cm³/mol. The fourth-order valence-corrected chi connectivity index (χ4v) is 6.94.